The summed E-state index contributed by atoms with van der Waals surface area (Å²) in [6.07, 6.45) is 3.68. The Morgan fingerprint density at radius 1 is 1.08 bits per heavy atom. The first-order valence-corrected chi connectivity index (χ1v) is 9.30. The van der Waals surface area contributed by atoms with E-state index in [1.807, 2.05) is 60.7 Å². The molecule has 4 heteroatoms. The Morgan fingerprint density at radius 3 is 2.62 bits per heavy atom. The summed E-state index contributed by atoms with van der Waals surface area (Å²) in [5.41, 5.74) is 7.91. The second kappa shape index (κ2) is 7.34. The van der Waals surface area contributed by atoms with E-state index in [1.165, 1.54) is 0 Å². The van der Waals surface area contributed by atoms with Gasteiger partial charge in [0.1, 0.15) is 17.4 Å². The molecule has 0 bridgehead atoms. The van der Waals surface area contributed by atoms with Gasteiger partial charge in [0.2, 0.25) is 5.91 Å². The summed E-state index contributed by atoms with van der Waals surface area (Å²) >= 11 is 0. The lowest BCUT2D eigenvalue weighted by Crippen LogP contribution is -2.39. The summed E-state index contributed by atoms with van der Waals surface area (Å²) in [5.74, 6) is 0.801. The van der Waals surface area contributed by atoms with Crippen molar-refractivity contribution in [3.8, 4) is 0 Å². The van der Waals surface area contributed by atoms with E-state index in [9.17, 15) is 4.79 Å². The van der Waals surface area contributed by atoms with E-state index in [0.29, 0.717) is 0 Å². The van der Waals surface area contributed by atoms with Crippen molar-refractivity contribution in [2.45, 2.75) is 37.8 Å². The van der Waals surface area contributed by atoms with Crippen molar-refractivity contribution < 1.29 is 9.21 Å². The van der Waals surface area contributed by atoms with Crippen LogP contribution in [0, 0.1) is 5.92 Å². The Bertz CT molecular complexity index is 854. The Hall–Kier alpha value is -2.59. The number of para-hydroxylation sites is 1. The summed E-state index contributed by atoms with van der Waals surface area (Å²) in [7, 11) is 0. The Labute approximate surface area is 153 Å². The monoisotopic (exact) mass is 348 g/mol. The number of rotatable bonds is 4. The van der Waals surface area contributed by atoms with E-state index >= 15 is 0 Å². The standard InChI is InChI=1S/C22H24N2O2/c23-18-11-6-10-17(13-18)22(25)24-21(15-7-2-1-3-8-15)20-14-16-9-4-5-12-19(16)26-20/h1-5,7-9,12,14,17-18,21H,6,10-11,13,23H2,(H,24,25). The predicted molar refractivity (Wildman–Crippen MR) is 103 cm³/mol. The zero-order valence-corrected chi connectivity index (χ0v) is 14.7. The normalized spacial score (nSPS) is 21.4. The lowest BCUT2D eigenvalue weighted by Gasteiger charge is -2.27. The minimum Gasteiger partial charge on any atom is -0.459 e. The van der Waals surface area contributed by atoms with E-state index in [-0.39, 0.29) is 23.9 Å². The first-order chi connectivity index (χ1) is 12.7. The number of carbonyl (C=O) groups excluding carboxylic acids is 1. The van der Waals surface area contributed by atoms with Crippen LogP contribution in [-0.4, -0.2) is 11.9 Å². The maximum Gasteiger partial charge on any atom is 0.224 e. The molecule has 2 aromatic carbocycles. The van der Waals surface area contributed by atoms with Crippen molar-refractivity contribution in [2.24, 2.45) is 11.7 Å². The second-order valence-electron chi connectivity index (χ2n) is 7.16. The van der Waals surface area contributed by atoms with Crippen LogP contribution >= 0.6 is 0 Å². The first kappa shape index (κ1) is 16.9. The third kappa shape index (κ3) is 3.51. The molecule has 0 radical (unpaired) electrons. The predicted octanol–water partition coefficient (Wildman–Crippen LogP) is 4.16. The van der Waals surface area contributed by atoms with Gasteiger partial charge < -0.3 is 15.5 Å². The van der Waals surface area contributed by atoms with Crippen molar-refractivity contribution in [2.75, 3.05) is 0 Å². The number of amides is 1. The van der Waals surface area contributed by atoms with Crippen molar-refractivity contribution in [1.82, 2.24) is 5.32 Å². The molecular formula is C22H24N2O2. The van der Waals surface area contributed by atoms with Gasteiger partial charge in [-0.15, -0.1) is 0 Å². The van der Waals surface area contributed by atoms with Crippen LogP contribution in [0.15, 0.2) is 65.1 Å². The van der Waals surface area contributed by atoms with E-state index in [4.69, 9.17) is 10.2 Å². The van der Waals surface area contributed by atoms with Crippen molar-refractivity contribution in [1.29, 1.82) is 0 Å². The van der Waals surface area contributed by atoms with Gasteiger partial charge in [-0.25, -0.2) is 0 Å². The van der Waals surface area contributed by atoms with Crippen molar-refractivity contribution >= 4 is 16.9 Å². The molecule has 3 N–H and O–H groups in total. The van der Waals surface area contributed by atoms with Gasteiger partial charge in [-0.3, -0.25) is 4.79 Å². The highest BCUT2D eigenvalue weighted by atomic mass is 16.3. The number of hydrogen-bond donors (Lipinski definition) is 2. The lowest BCUT2D eigenvalue weighted by atomic mass is 9.85. The van der Waals surface area contributed by atoms with Gasteiger partial charge in [0.25, 0.3) is 0 Å². The van der Waals surface area contributed by atoms with Crippen molar-refractivity contribution in [3.63, 3.8) is 0 Å². The molecule has 1 aliphatic carbocycles. The first-order valence-electron chi connectivity index (χ1n) is 9.30. The topological polar surface area (TPSA) is 68.3 Å². The molecule has 1 aromatic heterocycles. The average molecular weight is 348 g/mol. The Morgan fingerprint density at radius 2 is 1.85 bits per heavy atom. The van der Waals surface area contributed by atoms with Crippen molar-refractivity contribution in [3.05, 3.63) is 72.0 Å². The highest BCUT2D eigenvalue weighted by molar-refractivity contribution is 5.81. The Kier molecular flexibility index (Phi) is 4.76. The minimum absolute atomic E-state index is 0.0191. The van der Waals surface area contributed by atoms with Crippen LogP contribution in [0.4, 0.5) is 0 Å². The van der Waals surface area contributed by atoms with Crippen LogP contribution < -0.4 is 11.1 Å². The van der Waals surface area contributed by atoms with E-state index in [2.05, 4.69) is 5.32 Å². The summed E-state index contributed by atoms with van der Waals surface area (Å²) in [6.45, 7) is 0. The molecule has 26 heavy (non-hydrogen) atoms. The van der Waals surface area contributed by atoms with Gasteiger partial charge in [0, 0.05) is 17.3 Å². The van der Waals surface area contributed by atoms with Gasteiger partial charge in [0.05, 0.1) is 0 Å². The van der Waals surface area contributed by atoms with E-state index < -0.39 is 0 Å². The molecule has 1 heterocycles. The van der Waals surface area contributed by atoms with Gasteiger partial charge in [-0.1, -0.05) is 55.0 Å². The number of hydrogen-bond acceptors (Lipinski definition) is 3. The number of nitrogens with two attached hydrogens (primary N) is 1. The average Bonchev–Trinajstić information content (AvgIpc) is 3.10. The minimum atomic E-state index is -0.297. The number of benzene rings is 2. The number of carbonyl (C=O) groups is 1. The maximum absolute atomic E-state index is 12.9. The van der Waals surface area contributed by atoms with Gasteiger partial charge in [-0.2, -0.15) is 0 Å². The zero-order valence-electron chi connectivity index (χ0n) is 14.7. The van der Waals surface area contributed by atoms with E-state index in [0.717, 1.165) is 48.0 Å². The fourth-order valence-corrected chi connectivity index (χ4v) is 3.83. The van der Waals surface area contributed by atoms with Gasteiger partial charge >= 0.3 is 0 Å². The van der Waals surface area contributed by atoms with Crippen LogP contribution in [-0.2, 0) is 4.79 Å². The maximum atomic E-state index is 12.9. The second-order valence-corrected chi connectivity index (χ2v) is 7.16. The fraction of sp³-hybridized carbons (Fsp3) is 0.318. The third-order valence-corrected chi connectivity index (χ3v) is 5.23. The third-order valence-electron chi connectivity index (χ3n) is 5.23. The molecule has 134 valence electrons. The van der Waals surface area contributed by atoms with Crippen LogP contribution in [0.3, 0.4) is 0 Å². The van der Waals surface area contributed by atoms with Gasteiger partial charge in [-0.05, 0) is 37.0 Å². The number of furan rings is 1. The molecule has 4 nitrogen and oxygen atoms in total. The fourth-order valence-electron chi connectivity index (χ4n) is 3.83. The lowest BCUT2D eigenvalue weighted by molar-refractivity contribution is -0.126. The van der Waals surface area contributed by atoms with Crippen LogP contribution in [0.2, 0.25) is 0 Å². The molecule has 1 amide bonds. The summed E-state index contributed by atoms with van der Waals surface area (Å²) in [6, 6.07) is 19.7. The SMILES string of the molecule is NC1CCCC(C(=O)NC(c2ccccc2)c2cc3ccccc3o2)C1. The molecule has 1 saturated carbocycles. The quantitative estimate of drug-likeness (QED) is 0.744. The summed E-state index contributed by atoms with van der Waals surface area (Å²) < 4.78 is 6.05. The molecule has 0 spiro atoms. The van der Waals surface area contributed by atoms with Crippen LogP contribution in [0.25, 0.3) is 11.0 Å². The molecule has 3 atom stereocenters. The van der Waals surface area contributed by atoms with E-state index in [1.54, 1.807) is 0 Å². The van der Waals surface area contributed by atoms with Crippen LogP contribution in [0.5, 0.6) is 0 Å². The smallest absolute Gasteiger partial charge is 0.224 e. The highest BCUT2D eigenvalue weighted by Crippen LogP contribution is 2.30. The molecule has 0 saturated heterocycles. The highest BCUT2D eigenvalue weighted by Gasteiger charge is 2.28. The molecule has 4 rings (SSSR count). The molecular weight excluding hydrogens is 324 g/mol. The summed E-state index contributed by atoms with van der Waals surface area (Å²) in [5, 5.41) is 4.25. The number of nitrogens with one attached hydrogen (secondary N) is 1. The molecule has 1 fully saturated rings. The zero-order chi connectivity index (χ0) is 17.9. The molecule has 0 aliphatic heterocycles. The molecule has 3 unspecified atom stereocenters. The largest absolute Gasteiger partial charge is 0.459 e. The molecule has 3 aromatic rings. The summed E-state index contributed by atoms with van der Waals surface area (Å²) in [4.78, 5) is 12.9. The Balaban J connectivity index is 1.64. The number of fused-ring (bicyclic) bond motifs is 1. The van der Waals surface area contributed by atoms with Crippen LogP contribution in [0.1, 0.15) is 43.0 Å². The van der Waals surface area contributed by atoms with Gasteiger partial charge in [0.15, 0.2) is 0 Å². The molecule has 1 aliphatic rings.